The van der Waals surface area contributed by atoms with Gasteiger partial charge in [-0.2, -0.15) is 0 Å². The Bertz CT molecular complexity index is 215. The number of amides is 1. The lowest BCUT2D eigenvalue weighted by molar-refractivity contribution is -0.120. The summed E-state index contributed by atoms with van der Waals surface area (Å²) in [6.45, 7) is 4.80. The molecule has 1 heterocycles. The first kappa shape index (κ1) is 13.4. The summed E-state index contributed by atoms with van der Waals surface area (Å²) >= 11 is 0. The third-order valence-corrected chi connectivity index (χ3v) is 3.02. The van der Waals surface area contributed by atoms with Crippen LogP contribution in [0, 0.1) is 0 Å². The summed E-state index contributed by atoms with van der Waals surface area (Å²) in [5.41, 5.74) is 5.25. The van der Waals surface area contributed by atoms with Gasteiger partial charge in [-0.1, -0.05) is 0 Å². The van der Waals surface area contributed by atoms with Gasteiger partial charge in [-0.3, -0.25) is 9.69 Å². The summed E-state index contributed by atoms with van der Waals surface area (Å²) in [6, 6.07) is 0.424. The third-order valence-electron chi connectivity index (χ3n) is 3.02. The van der Waals surface area contributed by atoms with E-state index < -0.39 is 0 Å². The standard InChI is InChI=1S/C11H23N3O2/c1-9(15)4-7-14(8-11(12)16)10-2-5-13-6-3-10/h9-10,13,15H,2-8H2,1H3,(H2,12,16). The van der Waals surface area contributed by atoms with Crippen LogP contribution in [0.15, 0.2) is 0 Å². The van der Waals surface area contributed by atoms with E-state index in [0.29, 0.717) is 19.0 Å². The first-order valence-corrected chi connectivity index (χ1v) is 6.00. The molecular weight excluding hydrogens is 206 g/mol. The van der Waals surface area contributed by atoms with Crippen LogP contribution in [-0.4, -0.2) is 54.2 Å². The molecule has 0 aromatic heterocycles. The minimum absolute atomic E-state index is 0.288. The Morgan fingerprint density at radius 3 is 2.69 bits per heavy atom. The van der Waals surface area contributed by atoms with Crippen LogP contribution in [0.5, 0.6) is 0 Å². The monoisotopic (exact) mass is 229 g/mol. The maximum absolute atomic E-state index is 11.0. The molecule has 0 aromatic carbocycles. The Hall–Kier alpha value is -0.650. The molecule has 0 saturated carbocycles. The molecule has 0 spiro atoms. The van der Waals surface area contributed by atoms with Crippen LogP contribution in [0.3, 0.4) is 0 Å². The maximum atomic E-state index is 11.0. The Morgan fingerprint density at radius 2 is 2.19 bits per heavy atom. The Kier molecular flexibility index (Phi) is 5.73. The van der Waals surface area contributed by atoms with Gasteiger partial charge in [0, 0.05) is 12.6 Å². The van der Waals surface area contributed by atoms with Gasteiger partial charge in [0.05, 0.1) is 12.6 Å². The molecule has 0 radical (unpaired) electrons. The van der Waals surface area contributed by atoms with E-state index in [-0.39, 0.29) is 12.0 Å². The van der Waals surface area contributed by atoms with E-state index in [1.165, 1.54) is 0 Å². The van der Waals surface area contributed by atoms with Crippen molar-refractivity contribution in [2.75, 3.05) is 26.2 Å². The normalized spacial score (nSPS) is 19.9. The zero-order valence-corrected chi connectivity index (χ0v) is 9.98. The van der Waals surface area contributed by atoms with Gasteiger partial charge in [0.1, 0.15) is 0 Å². The summed E-state index contributed by atoms with van der Waals surface area (Å²) in [7, 11) is 0. The number of carbonyl (C=O) groups excluding carboxylic acids is 1. The van der Waals surface area contributed by atoms with Crippen LogP contribution < -0.4 is 11.1 Å². The Labute approximate surface area is 97.0 Å². The molecule has 1 atom stereocenters. The second kappa shape index (κ2) is 6.83. The highest BCUT2D eigenvalue weighted by Gasteiger charge is 2.22. The molecule has 16 heavy (non-hydrogen) atoms. The smallest absolute Gasteiger partial charge is 0.231 e. The molecule has 1 saturated heterocycles. The highest BCUT2D eigenvalue weighted by atomic mass is 16.3. The lowest BCUT2D eigenvalue weighted by Crippen LogP contribution is -2.47. The van der Waals surface area contributed by atoms with Gasteiger partial charge in [0.25, 0.3) is 0 Å². The molecule has 0 bridgehead atoms. The van der Waals surface area contributed by atoms with Gasteiger partial charge in [-0.15, -0.1) is 0 Å². The molecule has 1 aliphatic rings. The second-order valence-electron chi connectivity index (χ2n) is 4.56. The topological polar surface area (TPSA) is 78.6 Å². The Balaban J connectivity index is 2.44. The van der Waals surface area contributed by atoms with E-state index in [1.807, 2.05) is 0 Å². The summed E-state index contributed by atoms with van der Waals surface area (Å²) in [6.07, 6.45) is 2.47. The molecule has 5 nitrogen and oxygen atoms in total. The number of nitrogens with one attached hydrogen (secondary N) is 1. The van der Waals surface area contributed by atoms with Crippen LogP contribution >= 0.6 is 0 Å². The van der Waals surface area contributed by atoms with E-state index in [1.54, 1.807) is 6.92 Å². The first-order valence-electron chi connectivity index (χ1n) is 6.00. The molecule has 5 heteroatoms. The van der Waals surface area contributed by atoms with E-state index in [4.69, 9.17) is 5.73 Å². The number of hydrogen-bond donors (Lipinski definition) is 3. The number of nitrogens with zero attached hydrogens (tertiary/aromatic N) is 1. The summed E-state index contributed by atoms with van der Waals surface area (Å²) in [4.78, 5) is 13.1. The number of piperidine rings is 1. The predicted octanol–water partition coefficient (Wildman–Crippen LogP) is -0.703. The average molecular weight is 229 g/mol. The molecule has 1 amide bonds. The van der Waals surface area contributed by atoms with Crippen molar-refractivity contribution >= 4 is 5.91 Å². The number of aliphatic hydroxyl groups is 1. The maximum Gasteiger partial charge on any atom is 0.231 e. The number of primary amides is 1. The fourth-order valence-corrected chi connectivity index (χ4v) is 2.12. The van der Waals surface area contributed by atoms with Gasteiger partial charge < -0.3 is 16.2 Å². The molecule has 1 aliphatic heterocycles. The summed E-state index contributed by atoms with van der Waals surface area (Å²) in [5.74, 6) is -0.288. The predicted molar refractivity (Wildman–Crippen MR) is 63.0 cm³/mol. The summed E-state index contributed by atoms with van der Waals surface area (Å²) < 4.78 is 0. The van der Waals surface area contributed by atoms with Crippen molar-refractivity contribution in [3.63, 3.8) is 0 Å². The van der Waals surface area contributed by atoms with Gasteiger partial charge >= 0.3 is 0 Å². The zero-order chi connectivity index (χ0) is 12.0. The van der Waals surface area contributed by atoms with Crippen LogP contribution in [0.4, 0.5) is 0 Å². The highest BCUT2D eigenvalue weighted by Crippen LogP contribution is 2.12. The molecule has 1 rings (SSSR count). The van der Waals surface area contributed by atoms with Gasteiger partial charge in [-0.25, -0.2) is 0 Å². The Morgan fingerprint density at radius 1 is 1.56 bits per heavy atom. The molecule has 1 fully saturated rings. The van der Waals surface area contributed by atoms with Crippen molar-refractivity contribution in [1.82, 2.24) is 10.2 Å². The lowest BCUT2D eigenvalue weighted by atomic mass is 10.0. The minimum atomic E-state index is -0.322. The van der Waals surface area contributed by atoms with Crippen molar-refractivity contribution in [2.45, 2.75) is 38.3 Å². The second-order valence-corrected chi connectivity index (χ2v) is 4.56. The van der Waals surface area contributed by atoms with E-state index in [2.05, 4.69) is 10.2 Å². The third kappa shape index (κ3) is 4.92. The molecule has 0 aromatic rings. The molecule has 0 aliphatic carbocycles. The number of rotatable bonds is 6. The number of aliphatic hydroxyl groups excluding tert-OH is 1. The quantitative estimate of drug-likeness (QED) is 0.562. The fraction of sp³-hybridized carbons (Fsp3) is 0.909. The lowest BCUT2D eigenvalue weighted by Gasteiger charge is -2.34. The minimum Gasteiger partial charge on any atom is -0.393 e. The van der Waals surface area contributed by atoms with Crippen molar-refractivity contribution in [2.24, 2.45) is 5.73 Å². The van der Waals surface area contributed by atoms with Crippen LogP contribution in [0.2, 0.25) is 0 Å². The molecular formula is C11H23N3O2. The number of carbonyl (C=O) groups is 1. The van der Waals surface area contributed by atoms with E-state index >= 15 is 0 Å². The number of nitrogens with two attached hydrogens (primary N) is 1. The van der Waals surface area contributed by atoms with Crippen molar-refractivity contribution in [3.05, 3.63) is 0 Å². The summed E-state index contributed by atoms with van der Waals surface area (Å²) in [5, 5.41) is 12.6. The van der Waals surface area contributed by atoms with Gasteiger partial charge in [0.2, 0.25) is 5.91 Å². The molecule has 94 valence electrons. The number of hydrogen-bond acceptors (Lipinski definition) is 4. The van der Waals surface area contributed by atoms with Gasteiger partial charge in [-0.05, 0) is 39.3 Å². The van der Waals surface area contributed by atoms with Crippen LogP contribution in [0.1, 0.15) is 26.2 Å². The van der Waals surface area contributed by atoms with Gasteiger partial charge in [0.15, 0.2) is 0 Å². The zero-order valence-electron chi connectivity index (χ0n) is 9.98. The van der Waals surface area contributed by atoms with E-state index in [9.17, 15) is 9.90 Å². The van der Waals surface area contributed by atoms with Crippen molar-refractivity contribution < 1.29 is 9.90 Å². The molecule has 1 unspecified atom stereocenters. The average Bonchev–Trinajstić information content (AvgIpc) is 2.25. The van der Waals surface area contributed by atoms with Crippen molar-refractivity contribution in [1.29, 1.82) is 0 Å². The van der Waals surface area contributed by atoms with E-state index in [0.717, 1.165) is 32.5 Å². The van der Waals surface area contributed by atoms with Crippen LogP contribution in [-0.2, 0) is 4.79 Å². The van der Waals surface area contributed by atoms with Crippen LogP contribution in [0.25, 0.3) is 0 Å². The van der Waals surface area contributed by atoms with Crippen molar-refractivity contribution in [3.8, 4) is 0 Å². The first-order chi connectivity index (χ1) is 7.59. The molecule has 4 N–H and O–H groups in total. The highest BCUT2D eigenvalue weighted by molar-refractivity contribution is 5.75. The largest absolute Gasteiger partial charge is 0.393 e. The SMILES string of the molecule is CC(O)CCN(CC(N)=O)C1CCNCC1. The fourth-order valence-electron chi connectivity index (χ4n) is 2.12.